The third kappa shape index (κ3) is 3.51. The van der Waals surface area contributed by atoms with E-state index < -0.39 is 0 Å². The molecule has 0 aliphatic carbocycles. The van der Waals surface area contributed by atoms with Gasteiger partial charge in [0, 0.05) is 6.04 Å². The molecule has 0 spiro atoms. The standard InChI is InChI=1S/C12H17NO2.ClH/c1-8-5-4-6-9(2)12(8)10(13)7-11(14)15-3;/h4-6,10H,7,13H2,1-3H3;1H. The molecule has 1 aromatic rings. The summed E-state index contributed by atoms with van der Waals surface area (Å²) >= 11 is 0. The van der Waals surface area contributed by atoms with Crippen molar-refractivity contribution in [2.24, 2.45) is 5.73 Å². The molecular formula is C12H18ClNO2. The highest BCUT2D eigenvalue weighted by atomic mass is 35.5. The van der Waals surface area contributed by atoms with Crippen molar-refractivity contribution in [3.63, 3.8) is 0 Å². The molecule has 16 heavy (non-hydrogen) atoms. The third-order valence-corrected chi connectivity index (χ3v) is 2.53. The number of carbonyl (C=O) groups is 1. The average molecular weight is 244 g/mol. The first-order chi connectivity index (χ1) is 7.06. The van der Waals surface area contributed by atoms with Gasteiger partial charge in [-0.25, -0.2) is 0 Å². The monoisotopic (exact) mass is 243 g/mol. The summed E-state index contributed by atoms with van der Waals surface area (Å²) < 4.78 is 4.60. The van der Waals surface area contributed by atoms with Gasteiger partial charge in [-0.1, -0.05) is 18.2 Å². The lowest BCUT2D eigenvalue weighted by Gasteiger charge is -2.16. The van der Waals surface area contributed by atoms with Crippen LogP contribution in [-0.2, 0) is 9.53 Å². The molecule has 1 unspecified atom stereocenters. The maximum absolute atomic E-state index is 11.1. The van der Waals surface area contributed by atoms with Gasteiger partial charge in [0.1, 0.15) is 0 Å². The predicted octanol–water partition coefficient (Wildman–Crippen LogP) is 2.29. The van der Waals surface area contributed by atoms with Crippen LogP contribution in [0.15, 0.2) is 18.2 Å². The van der Waals surface area contributed by atoms with Crippen molar-refractivity contribution in [2.45, 2.75) is 26.3 Å². The maximum Gasteiger partial charge on any atom is 0.307 e. The van der Waals surface area contributed by atoms with Crippen LogP contribution in [0.1, 0.15) is 29.2 Å². The highest BCUT2D eigenvalue weighted by Gasteiger charge is 2.15. The Kier molecular flexibility index (Phi) is 6.08. The van der Waals surface area contributed by atoms with E-state index in [9.17, 15) is 4.79 Å². The highest BCUT2D eigenvalue weighted by molar-refractivity contribution is 5.85. The lowest BCUT2D eigenvalue weighted by molar-refractivity contribution is -0.141. The van der Waals surface area contributed by atoms with Crippen molar-refractivity contribution < 1.29 is 9.53 Å². The van der Waals surface area contributed by atoms with Crippen LogP contribution in [0.25, 0.3) is 0 Å². The quantitative estimate of drug-likeness (QED) is 0.829. The van der Waals surface area contributed by atoms with E-state index in [-0.39, 0.29) is 30.8 Å². The summed E-state index contributed by atoms with van der Waals surface area (Å²) in [6.07, 6.45) is 0.224. The number of esters is 1. The summed E-state index contributed by atoms with van der Waals surface area (Å²) in [5, 5.41) is 0. The molecule has 1 aromatic carbocycles. The van der Waals surface area contributed by atoms with E-state index in [0.29, 0.717) is 0 Å². The fourth-order valence-corrected chi connectivity index (χ4v) is 1.78. The van der Waals surface area contributed by atoms with E-state index in [4.69, 9.17) is 5.73 Å². The average Bonchev–Trinajstić information content (AvgIpc) is 2.17. The number of hydrogen-bond donors (Lipinski definition) is 1. The van der Waals surface area contributed by atoms with Crippen LogP contribution in [0.5, 0.6) is 0 Å². The molecule has 0 saturated carbocycles. The number of rotatable bonds is 3. The van der Waals surface area contributed by atoms with Gasteiger partial charge >= 0.3 is 5.97 Å². The Morgan fingerprint density at radius 3 is 2.31 bits per heavy atom. The number of hydrogen-bond acceptors (Lipinski definition) is 3. The predicted molar refractivity (Wildman–Crippen MR) is 66.7 cm³/mol. The molecule has 0 fully saturated rings. The van der Waals surface area contributed by atoms with Gasteiger partial charge in [0.15, 0.2) is 0 Å². The van der Waals surface area contributed by atoms with Crippen molar-refractivity contribution in [3.8, 4) is 0 Å². The largest absolute Gasteiger partial charge is 0.469 e. The molecular weight excluding hydrogens is 226 g/mol. The Bertz CT molecular complexity index is 346. The van der Waals surface area contributed by atoms with Crippen LogP contribution < -0.4 is 5.73 Å². The SMILES string of the molecule is COC(=O)CC(N)c1c(C)cccc1C.Cl. The summed E-state index contributed by atoms with van der Waals surface area (Å²) in [6, 6.07) is 5.71. The first kappa shape index (κ1) is 14.9. The number of carbonyl (C=O) groups excluding carboxylic acids is 1. The van der Waals surface area contributed by atoms with Gasteiger partial charge in [-0.05, 0) is 30.5 Å². The molecule has 0 aromatic heterocycles. The van der Waals surface area contributed by atoms with Gasteiger partial charge < -0.3 is 10.5 Å². The Morgan fingerprint density at radius 1 is 1.38 bits per heavy atom. The van der Waals surface area contributed by atoms with E-state index in [1.165, 1.54) is 7.11 Å². The van der Waals surface area contributed by atoms with Gasteiger partial charge in [0.2, 0.25) is 0 Å². The number of methoxy groups -OCH3 is 1. The van der Waals surface area contributed by atoms with Gasteiger partial charge in [0.25, 0.3) is 0 Å². The Morgan fingerprint density at radius 2 is 1.88 bits per heavy atom. The van der Waals surface area contributed by atoms with Crippen LogP contribution >= 0.6 is 12.4 Å². The second kappa shape index (κ2) is 6.51. The Balaban J connectivity index is 0.00000225. The second-order valence-electron chi connectivity index (χ2n) is 3.69. The molecule has 3 nitrogen and oxygen atoms in total. The molecule has 0 bridgehead atoms. The van der Waals surface area contributed by atoms with Crippen LogP contribution in [0, 0.1) is 13.8 Å². The van der Waals surface area contributed by atoms with Crippen LogP contribution in [0.4, 0.5) is 0 Å². The normalized spacial score (nSPS) is 11.5. The minimum absolute atomic E-state index is 0. The van der Waals surface area contributed by atoms with E-state index in [1.807, 2.05) is 32.0 Å². The van der Waals surface area contributed by atoms with Crippen molar-refractivity contribution in [1.29, 1.82) is 0 Å². The smallest absolute Gasteiger partial charge is 0.307 e. The third-order valence-electron chi connectivity index (χ3n) is 2.53. The summed E-state index contributed by atoms with van der Waals surface area (Å²) in [7, 11) is 1.37. The topological polar surface area (TPSA) is 52.3 Å². The van der Waals surface area contributed by atoms with Crippen molar-refractivity contribution in [1.82, 2.24) is 0 Å². The molecule has 0 saturated heterocycles. The number of benzene rings is 1. The zero-order chi connectivity index (χ0) is 11.4. The van der Waals surface area contributed by atoms with Crippen LogP contribution in [0.3, 0.4) is 0 Å². The molecule has 2 N–H and O–H groups in total. The molecule has 4 heteroatoms. The summed E-state index contributed by atoms with van der Waals surface area (Å²) in [6.45, 7) is 4.00. The van der Waals surface area contributed by atoms with E-state index in [1.54, 1.807) is 0 Å². The van der Waals surface area contributed by atoms with Gasteiger partial charge in [-0.2, -0.15) is 0 Å². The number of aryl methyl sites for hydroxylation is 2. The minimum Gasteiger partial charge on any atom is -0.469 e. The number of ether oxygens (including phenoxy) is 1. The van der Waals surface area contributed by atoms with Crippen molar-refractivity contribution >= 4 is 18.4 Å². The van der Waals surface area contributed by atoms with Gasteiger partial charge in [-0.15, -0.1) is 12.4 Å². The molecule has 0 aliphatic rings. The maximum atomic E-state index is 11.1. The number of halogens is 1. The van der Waals surface area contributed by atoms with E-state index in [2.05, 4.69) is 4.74 Å². The van der Waals surface area contributed by atoms with Crippen molar-refractivity contribution in [3.05, 3.63) is 34.9 Å². The second-order valence-corrected chi connectivity index (χ2v) is 3.69. The Labute approximate surface area is 102 Å². The summed E-state index contributed by atoms with van der Waals surface area (Å²) in [5.74, 6) is -0.273. The lowest BCUT2D eigenvalue weighted by Crippen LogP contribution is -2.18. The molecule has 0 aliphatic heterocycles. The fraction of sp³-hybridized carbons (Fsp3) is 0.417. The van der Waals surface area contributed by atoms with E-state index >= 15 is 0 Å². The van der Waals surface area contributed by atoms with Crippen LogP contribution in [-0.4, -0.2) is 13.1 Å². The molecule has 0 amide bonds. The fourth-order valence-electron chi connectivity index (χ4n) is 1.78. The summed E-state index contributed by atoms with van der Waals surface area (Å²) in [4.78, 5) is 11.1. The first-order valence-corrected chi connectivity index (χ1v) is 4.94. The Hall–Kier alpha value is -1.06. The lowest BCUT2D eigenvalue weighted by atomic mass is 9.95. The van der Waals surface area contributed by atoms with E-state index in [0.717, 1.165) is 16.7 Å². The van der Waals surface area contributed by atoms with Crippen molar-refractivity contribution in [2.75, 3.05) is 7.11 Å². The zero-order valence-electron chi connectivity index (χ0n) is 9.82. The van der Waals surface area contributed by atoms with Gasteiger partial charge in [0.05, 0.1) is 13.5 Å². The first-order valence-electron chi connectivity index (χ1n) is 4.94. The minimum atomic E-state index is -0.279. The van der Waals surface area contributed by atoms with Gasteiger partial charge in [-0.3, -0.25) is 4.79 Å². The molecule has 0 radical (unpaired) electrons. The molecule has 1 atom stereocenters. The molecule has 0 heterocycles. The van der Waals surface area contributed by atoms with Crippen LogP contribution in [0.2, 0.25) is 0 Å². The molecule has 1 rings (SSSR count). The molecule has 90 valence electrons. The highest BCUT2D eigenvalue weighted by Crippen LogP contribution is 2.22. The number of nitrogens with two attached hydrogens (primary N) is 1. The zero-order valence-corrected chi connectivity index (χ0v) is 10.6. The summed E-state index contributed by atoms with van der Waals surface area (Å²) in [5.41, 5.74) is 9.25.